The van der Waals surface area contributed by atoms with Crippen molar-refractivity contribution in [3.63, 3.8) is 0 Å². The molecule has 0 radical (unpaired) electrons. The fourth-order valence-electron chi connectivity index (χ4n) is 2.20. The van der Waals surface area contributed by atoms with Gasteiger partial charge in [0.25, 0.3) is 0 Å². The second-order valence-electron chi connectivity index (χ2n) is 4.34. The van der Waals surface area contributed by atoms with Crippen LogP contribution in [0.25, 0.3) is 0 Å². The molecule has 0 spiro atoms. The molecule has 2 rings (SSSR count). The number of aryl methyl sites for hydroxylation is 1. The SMILES string of the molecule is Cc1ccc(Br)cc1C(NN)C1CCC1. The van der Waals surface area contributed by atoms with Crippen LogP contribution in [0.1, 0.15) is 36.4 Å². The van der Waals surface area contributed by atoms with Crippen LogP contribution in [0.3, 0.4) is 0 Å². The van der Waals surface area contributed by atoms with Gasteiger partial charge in [-0.25, -0.2) is 0 Å². The van der Waals surface area contributed by atoms with Crippen LogP contribution < -0.4 is 11.3 Å². The molecule has 82 valence electrons. The van der Waals surface area contributed by atoms with E-state index in [0.717, 1.165) is 4.47 Å². The zero-order valence-electron chi connectivity index (χ0n) is 8.96. The predicted molar refractivity (Wildman–Crippen MR) is 66.3 cm³/mol. The van der Waals surface area contributed by atoms with E-state index in [2.05, 4.69) is 46.5 Å². The number of benzene rings is 1. The van der Waals surface area contributed by atoms with Crippen molar-refractivity contribution in [2.45, 2.75) is 32.2 Å². The first-order chi connectivity index (χ1) is 7.22. The third-order valence-electron chi connectivity index (χ3n) is 3.38. The molecule has 0 aliphatic heterocycles. The van der Waals surface area contributed by atoms with Crippen LogP contribution in [0.2, 0.25) is 0 Å². The molecule has 1 unspecified atom stereocenters. The fourth-order valence-corrected chi connectivity index (χ4v) is 2.58. The Hall–Kier alpha value is -0.380. The minimum Gasteiger partial charge on any atom is -0.271 e. The van der Waals surface area contributed by atoms with Gasteiger partial charge in [0, 0.05) is 10.5 Å². The lowest BCUT2D eigenvalue weighted by Crippen LogP contribution is -2.36. The summed E-state index contributed by atoms with van der Waals surface area (Å²) in [6.07, 6.45) is 3.93. The molecule has 3 heteroatoms. The fraction of sp³-hybridized carbons (Fsp3) is 0.500. The quantitative estimate of drug-likeness (QED) is 0.653. The number of halogens is 1. The minimum atomic E-state index is 0.316. The monoisotopic (exact) mass is 268 g/mol. The molecular weight excluding hydrogens is 252 g/mol. The standard InChI is InChI=1S/C12H17BrN2/c1-8-5-6-10(13)7-11(8)12(15-14)9-3-2-4-9/h5-7,9,12,15H,2-4,14H2,1H3. The van der Waals surface area contributed by atoms with Gasteiger partial charge in [-0.3, -0.25) is 11.3 Å². The molecule has 1 atom stereocenters. The number of hydrazine groups is 1. The van der Waals surface area contributed by atoms with Crippen molar-refractivity contribution in [3.05, 3.63) is 33.8 Å². The van der Waals surface area contributed by atoms with E-state index in [9.17, 15) is 0 Å². The van der Waals surface area contributed by atoms with Crippen LogP contribution in [0.5, 0.6) is 0 Å². The Morgan fingerprint density at radius 1 is 1.47 bits per heavy atom. The van der Waals surface area contributed by atoms with Gasteiger partial charge >= 0.3 is 0 Å². The third-order valence-corrected chi connectivity index (χ3v) is 3.87. The summed E-state index contributed by atoms with van der Waals surface area (Å²) in [7, 11) is 0. The summed E-state index contributed by atoms with van der Waals surface area (Å²) in [5, 5.41) is 0. The maximum Gasteiger partial charge on any atom is 0.0491 e. The van der Waals surface area contributed by atoms with Gasteiger partial charge in [-0.05, 0) is 48.9 Å². The molecule has 1 aliphatic rings. The van der Waals surface area contributed by atoms with E-state index in [0.29, 0.717) is 12.0 Å². The summed E-state index contributed by atoms with van der Waals surface area (Å²) < 4.78 is 1.13. The lowest BCUT2D eigenvalue weighted by Gasteiger charge is -2.34. The maximum atomic E-state index is 5.67. The van der Waals surface area contributed by atoms with Gasteiger partial charge in [0.15, 0.2) is 0 Å². The highest BCUT2D eigenvalue weighted by molar-refractivity contribution is 9.10. The first kappa shape index (κ1) is 11.1. The molecule has 0 heterocycles. The third kappa shape index (κ3) is 2.25. The van der Waals surface area contributed by atoms with Gasteiger partial charge in [-0.15, -0.1) is 0 Å². The number of rotatable bonds is 3. The molecule has 0 bridgehead atoms. The van der Waals surface area contributed by atoms with Crippen molar-refractivity contribution in [3.8, 4) is 0 Å². The van der Waals surface area contributed by atoms with Crippen molar-refractivity contribution >= 4 is 15.9 Å². The summed E-state index contributed by atoms with van der Waals surface area (Å²) >= 11 is 3.51. The average molecular weight is 269 g/mol. The van der Waals surface area contributed by atoms with Gasteiger partial charge in [-0.2, -0.15) is 0 Å². The van der Waals surface area contributed by atoms with E-state index in [1.807, 2.05) is 0 Å². The first-order valence-electron chi connectivity index (χ1n) is 5.44. The van der Waals surface area contributed by atoms with Crippen molar-refractivity contribution in [2.24, 2.45) is 11.8 Å². The Morgan fingerprint density at radius 3 is 2.73 bits per heavy atom. The van der Waals surface area contributed by atoms with E-state index in [-0.39, 0.29) is 0 Å². The second-order valence-corrected chi connectivity index (χ2v) is 5.25. The Bertz CT molecular complexity index is 347. The van der Waals surface area contributed by atoms with Crippen LogP contribution in [-0.4, -0.2) is 0 Å². The average Bonchev–Trinajstić information content (AvgIpc) is 2.15. The Labute approximate surface area is 99.3 Å². The van der Waals surface area contributed by atoms with Crippen molar-refractivity contribution in [2.75, 3.05) is 0 Å². The molecule has 15 heavy (non-hydrogen) atoms. The number of nitrogens with one attached hydrogen (secondary N) is 1. The summed E-state index contributed by atoms with van der Waals surface area (Å²) in [6, 6.07) is 6.71. The molecular formula is C12H17BrN2. The summed E-state index contributed by atoms with van der Waals surface area (Å²) in [6.45, 7) is 2.14. The lowest BCUT2D eigenvalue weighted by molar-refractivity contribution is 0.231. The molecule has 1 aromatic rings. The second kappa shape index (κ2) is 4.64. The van der Waals surface area contributed by atoms with Crippen LogP contribution >= 0.6 is 15.9 Å². The molecule has 1 fully saturated rings. The number of hydrogen-bond donors (Lipinski definition) is 2. The number of nitrogens with two attached hydrogens (primary N) is 1. The van der Waals surface area contributed by atoms with Gasteiger partial charge < -0.3 is 0 Å². The zero-order chi connectivity index (χ0) is 10.8. The molecule has 3 N–H and O–H groups in total. The highest BCUT2D eigenvalue weighted by Gasteiger charge is 2.28. The summed E-state index contributed by atoms with van der Waals surface area (Å²) in [4.78, 5) is 0. The first-order valence-corrected chi connectivity index (χ1v) is 6.24. The minimum absolute atomic E-state index is 0.316. The molecule has 1 aliphatic carbocycles. The number of hydrogen-bond acceptors (Lipinski definition) is 2. The highest BCUT2D eigenvalue weighted by Crippen LogP contribution is 2.38. The van der Waals surface area contributed by atoms with E-state index in [4.69, 9.17) is 5.84 Å². The topological polar surface area (TPSA) is 38.0 Å². The van der Waals surface area contributed by atoms with Crippen molar-refractivity contribution in [1.29, 1.82) is 0 Å². The predicted octanol–water partition coefficient (Wildman–Crippen LogP) is 3.06. The molecule has 2 nitrogen and oxygen atoms in total. The van der Waals surface area contributed by atoms with Crippen molar-refractivity contribution in [1.82, 2.24) is 5.43 Å². The van der Waals surface area contributed by atoms with Crippen LogP contribution in [0.15, 0.2) is 22.7 Å². The smallest absolute Gasteiger partial charge is 0.0491 e. The Balaban J connectivity index is 2.28. The lowest BCUT2D eigenvalue weighted by atomic mass is 9.76. The normalized spacial score (nSPS) is 18.6. The van der Waals surface area contributed by atoms with Crippen molar-refractivity contribution < 1.29 is 0 Å². The molecule has 0 aromatic heterocycles. The highest BCUT2D eigenvalue weighted by atomic mass is 79.9. The van der Waals surface area contributed by atoms with Gasteiger partial charge in [0.1, 0.15) is 0 Å². The van der Waals surface area contributed by atoms with E-state index < -0.39 is 0 Å². The Kier molecular flexibility index (Phi) is 3.44. The van der Waals surface area contributed by atoms with Gasteiger partial charge in [-0.1, -0.05) is 28.4 Å². The molecule has 0 amide bonds. The van der Waals surface area contributed by atoms with Crippen LogP contribution in [0.4, 0.5) is 0 Å². The van der Waals surface area contributed by atoms with Crippen LogP contribution in [-0.2, 0) is 0 Å². The van der Waals surface area contributed by atoms with Gasteiger partial charge in [0.2, 0.25) is 0 Å². The summed E-state index contributed by atoms with van der Waals surface area (Å²) in [5.41, 5.74) is 5.61. The molecule has 1 aromatic carbocycles. The van der Waals surface area contributed by atoms with Gasteiger partial charge in [0.05, 0.1) is 0 Å². The maximum absolute atomic E-state index is 5.67. The van der Waals surface area contributed by atoms with E-state index >= 15 is 0 Å². The molecule has 1 saturated carbocycles. The van der Waals surface area contributed by atoms with E-state index in [1.165, 1.54) is 30.4 Å². The van der Waals surface area contributed by atoms with E-state index in [1.54, 1.807) is 0 Å². The summed E-state index contributed by atoms with van der Waals surface area (Å²) in [5.74, 6) is 6.38. The molecule has 0 saturated heterocycles. The zero-order valence-corrected chi connectivity index (χ0v) is 10.5. The Morgan fingerprint density at radius 2 is 2.20 bits per heavy atom. The van der Waals surface area contributed by atoms with Crippen LogP contribution in [0, 0.1) is 12.8 Å². The largest absolute Gasteiger partial charge is 0.271 e.